The van der Waals surface area contributed by atoms with Crippen LogP contribution in [0.25, 0.3) is 0 Å². The number of carboxylic acids is 2. The minimum atomic E-state index is -0.778. The molecule has 1 aliphatic rings. The van der Waals surface area contributed by atoms with E-state index in [1.807, 2.05) is 0 Å². The second kappa shape index (κ2) is 6.76. The molecule has 0 aromatic rings. The second-order valence-corrected chi connectivity index (χ2v) is 5.51. The number of aliphatic carboxylic acids is 2. The maximum atomic E-state index is 11.5. The summed E-state index contributed by atoms with van der Waals surface area (Å²) in [6.45, 7) is 2.13. The van der Waals surface area contributed by atoms with Gasteiger partial charge in [-0.05, 0) is 32.1 Å². The number of rotatable bonds is 7. The lowest BCUT2D eigenvalue weighted by Crippen LogP contribution is -2.37. The van der Waals surface area contributed by atoms with Gasteiger partial charge in [0.25, 0.3) is 0 Å². The summed E-state index contributed by atoms with van der Waals surface area (Å²) < 4.78 is 0. The molecular formula is C14H24O4. The quantitative estimate of drug-likeness (QED) is 0.685. The Morgan fingerprint density at radius 2 is 1.72 bits per heavy atom. The summed E-state index contributed by atoms with van der Waals surface area (Å²) >= 11 is 0. The molecular weight excluding hydrogens is 232 g/mol. The highest BCUT2D eigenvalue weighted by Gasteiger charge is 2.42. The minimum absolute atomic E-state index is 0.340. The molecule has 18 heavy (non-hydrogen) atoms. The summed E-state index contributed by atoms with van der Waals surface area (Å²) in [5.74, 6) is -1.85. The third-order valence-electron chi connectivity index (χ3n) is 4.25. The van der Waals surface area contributed by atoms with Crippen LogP contribution in [-0.2, 0) is 9.59 Å². The first-order chi connectivity index (χ1) is 8.52. The molecule has 0 aliphatic heterocycles. The number of hydrogen-bond donors (Lipinski definition) is 2. The summed E-state index contributed by atoms with van der Waals surface area (Å²) in [6.07, 6.45) is 7.07. The fourth-order valence-electron chi connectivity index (χ4n) is 2.88. The third kappa shape index (κ3) is 3.72. The van der Waals surface area contributed by atoms with E-state index in [2.05, 4.69) is 6.92 Å². The molecule has 0 bridgehead atoms. The van der Waals surface area contributed by atoms with Crippen LogP contribution in [0.3, 0.4) is 0 Å². The van der Waals surface area contributed by atoms with Crippen molar-refractivity contribution in [1.29, 1.82) is 0 Å². The molecule has 0 atom stereocenters. The highest BCUT2D eigenvalue weighted by Crippen LogP contribution is 2.43. The minimum Gasteiger partial charge on any atom is -0.481 e. The van der Waals surface area contributed by atoms with Gasteiger partial charge in [0.05, 0.1) is 11.3 Å². The van der Waals surface area contributed by atoms with E-state index < -0.39 is 17.4 Å². The van der Waals surface area contributed by atoms with Crippen LogP contribution in [0.2, 0.25) is 0 Å². The van der Waals surface area contributed by atoms with E-state index in [4.69, 9.17) is 5.11 Å². The fraction of sp³-hybridized carbons (Fsp3) is 0.857. The number of hydrogen-bond acceptors (Lipinski definition) is 2. The predicted octanol–water partition coefficient (Wildman–Crippen LogP) is 3.30. The molecule has 104 valence electrons. The van der Waals surface area contributed by atoms with Crippen molar-refractivity contribution in [1.82, 2.24) is 0 Å². The summed E-state index contributed by atoms with van der Waals surface area (Å²) in [6, 6.07) is 0. The average molecular weight is 256 g/mol. The van der Waals surface area contributed by atoms with Crippen molar-refractivity contribution in [2.75, 3.05) is 0 Å². The smallest absolute Gasteiger partial charge is 0.309 e. The Morgan fingerprint density at radius 1 is 1.11 bits per heavy atom. The van der Waals surface area contributed by atoms with Gasteiger partial charge < -0.3 is 10.2 Å². The zero-order valence-corrected chi connectivity index (χ0v) is 11.2. The largest absolute Gasteiger partial charge is 0.481 e. The van der Waals surface area contributed by atoms with Crippen molar-refractivity contribution in [2.24, 2.45) is 11.3 Å². The van der Waals surface area contributed by atoms with Gasteiger partial charge in [-0.1, -0.05) is 32.6 Å². The van der Waals surface area contributed by atoms with Crippen molar-refractivity contribution in [3.8, 4) is 0 Å². The zero-order chi connectivity index (χ0) is 13.6. The highest BCUT2D eigenvalue weighted by molar-refractivity contribution is 5.76. The van der Waals surface area contributed by atoms with Gasteiger partial charge in [0.15, 0.2) is 0 Å². The Labute approximate surface area is 108 Å². The zero-order valence-electron chi connectivity index (χ0n) is 11.2. The van der Waals surface area contributed by atoms with E-state index >= 15 is 0 Å². The molecule has 4 nitrogen and oxygen atoms in total. The number of unbranched alkanes of at least 4 members (excludes halogenated alkanes) is 3. The van der Waals surface area contributed by atoms with Gasteiger partial charge >= 0.3 is 11.9 Å². The first-order valence-electron chi connectivity index (χ1n) is 6.98. The van der Waals surface area contributed by atoms with Crippen molar-refractivity contribution >= 4 is 11.9 Å². The van der Waals surface area contributed by atoms with Gasteiger partial charge in [-0.3, -0.25) is 9.59 Å². The molecule has 0 heterocycles. The molecule has 0 radical (unpaired) electrons. The van der Waals surface area contributed by atoms with Gasteiger partial charge in [-0.15, -0.1) is 0 Å². The van der Waals surface area contributed by atoms with Crippen LogP contribution in [0.5, 0.6) is 0 Å². The van der Waals surface area contributed by atoms with Crippen molar-refractivity contribution in [2.45, 2.75) is 64.7 Å². The molecule has 0 spiro atoms. The molecule has 1 saturated carbocycles. The van der Waals surface area contributed by atoms with Crippen LogP contribution in [0, 0.1) is 11.3 Å². The van der Waals surface area contributed by atoms with Crippen LogP contribution < -0.4 is 0 Å². The lowest BCUT2D eigenvalue weighted by molar-refractivity contribution is -0.156. The summed E-state index contributed by atoms with van der Waals surface area (Å²) in [7, 11) is 0. The van der Waals surface area contributed by atoms with Crippen LogP contribution in [-0.4, -0.2) is 22.2 Å². The van der Waals surface area contributed by atoms with Gasteiger partial charge in [0.2, 0.25) is 0 Å². The maximum absolute atomic E-state index is 11.5. The lowest BCUT2D eigenvalue weighted by atomic mass is 9.68. The van der Waals surface area contributed by atoms with E-state index in [9.17, 15) is 14.7 Å². The fourth-order valence-corrected chi connectivity index (χ4v) is 2.88. The van der Waals surface area contributed by atoms with Gasteiger partial charge in [0.1, 0.15) is 0 Å². The van der Waals surface area contributed by atoms with Gasteiger partial charge in [-0.2, -0.15) is 0 Å². The Morgan fingerprint density at radius 3 is 2.17 bits per heavy atom. The van der Waals surface area contributed by atoms with Gasteiger partial charge in [0, 0.05) is 0 Å². The predicted molar refractivity (Wildman–Crippen MR) is 68.4 cm³/mol. The molecule has 1 rings (SSSR count). The SMILES string of the molecule is CCCCCCC1(C(=O)O)CCC(C(=O)O)CC1. The Bertz CT molecular complexity index is 290. The van der Waals surface area contributed by atoms with E-state index in [0.717, 1.165) is 25.7 Å². The third-order valence-corrected chi connectivity index (χ3v) is 4.25. The molecule has 2 N–H and O–H groups in total. The molecule has 0 aromatic carbocycles. The second-order valence-electron chi connectivity index (χ2n) is 5.51. The molecule has 1 aliphatic carbocycles. The number of carboxylic acid groups (broad SMARTS) is 2. The first kappa shape index (κ1) is 15.0. The maximum Gasteiger partial charge on any atom is 0.309 e. The van der Waals surface area contributed by atoms with Crippen molar-refractivity contribution < 1.29 is 19.8 Å². The Balaban J connectivity index is 2.51. The van der Waals surface area contributed by atoms with Crippen LogP contribution in [0.15, 0.2) is 0 Å². The lowest BCUT2D eigenvalue weighted by Gasteiger charge is -2.35. The monoisotopic (exact) mass is 256 g/mol. The highest BCUT2D eigenvalue weighted by atomic mass is 16.4. The number of carbonyl (C=O) groups is 2. The van der Waals surface area contributed by atoms with E-state index in [0.29, 0.717) is 32.1 Å². The molecule has 0 saturated heterocycles. The van der Waals surface area contributed by atoms with Crippen molar-refractivity contribution in [3.05, 3.63) is 0 Å². The van der Waals surface area contributed by atoms with Crippen molar-refractivity contribution in [3.63, 3.8) is 0 Å². The van der Waals surface area contributed by atoms with Crippen LogP contribution >= 0.6 is 0 Å². The van der Waals surface area contributed by atoms with Crippen LogP contribution in [0.1, 0.15) is 64.7 Å². The summed E-state index contributed by atoms with van der Waals surface area (Å²) in [5, 5.41) is 18.4. The molecule has 0 aromatic heterocycles. The van der Waals surface area contributed by atoms with E-state index in [1.54, 1.807) is 0 Å². The van der Waals surface area contributed by atoms with Crippen LogP contribution in [0.4, 0.5) is 0 Å². The summed E-state index contributed by atoms with van der Waals surface area (Å²) in [4.78, 5) is 22.4. The van der Waals surface area contributed by atoms with E-state index in [1.165, 1.54) is 0 Å². The standard InChI is InChI=1S/C14H24O4/c1-2-3-4-5-8-14(13(17)18)9-6-11(7-10-14)12(15)16/h11H,2-10H2,1H3,(H,15,16)(H,17,18). The summed E-state index contributed by atoms with van der Waals surface area (Å²) in [5.41, 5.74) is -0.653. The normalized spacial score (nSPS) is 27.9. The first-order valence-corrected chi connectivity index (χ1v) is 6.98. The Hall–Kier alpha value is -1.06. The molecule has 0 amide bonds. The Kier molecular flexibility index (Phi) is 5.63. The topological polar surface area (TPSA) is 74.6 Å². The molecule has 4 heteroatoms. The average Bonchev–Trinajstić information content (AvgIpc) is 2.35. The van der Waals surface area contributed by atoms with E-state index in [-0.39, 0.29) is 5.92 Å². The van der Waals surface area contributed by atoms with Gasteiger partial charge in [-0.25, -0.2) is 0 Å². The molecule has 1 fully saturated rings. The molecule has 0 unspecified atom stereocenters.